The summed E-state index contributed by atoms with van der Waals surface area (Å²) in [6.45, 7) is 11.2. The van der Waals surface area contributed by atoms with Crippen molar-refractivity contribution in [3.8, 4) is 0 Å². The number of nitrogens with zero attached hydrogens (tertiary/aromatic N) is 1. The molecule has 1 aromatic rings. The van der Waals surface area contributed by atoms with E-state index in [2.05, 4.69) is 32.7 Å². The summed E-state index contributed by atoms with van der Waals surface area (Å²) in [4.78, 5) is 25.6. The lowest BCUT2D eigenvalue weighted by Gasteiger charge is -2.24. The summed E-state index contributed by atoms with van der Waals surface area (Å²) in [5, 5.41) is 2.66. The zero-order valence-corrected chi connectivity index (χ0v) is 13.1. The Balaban J connectivity index is 2.80. The molecular weight excluding hydrogens is 264 g/mol. The Kier molecular flexibility index (Phi) is 6.66. The van der Waals surface area contributed by atoms with Crippen molar-refractivity contribution in [3.05, 3.63) is 42.5 Å². The molecule has 4 heteroatoms. The molecule has 0 bridgehead atoms. The summed E-state index contributed by atoms with van der Waals surface area (Å²) in [6.07, 6.45) is 2.15. The number of amides is 2. The minimum Gasteiger partial charge on any atom is -0.338 e. The molecule has 0 unspecified atom stereocenters. The largest absolute Gasteiger partial charge is 0.338 e. The summed E-state index contributed by atoms with van der Waals surface area (Å²) >= 11 is 0. The Morgan fingerprint density at radius 3 is 2.38 bits per heavy atom. The van der Waals surface area contributed by atoms with E-state index < -0.39 is 0 Å². The van der Waals surface area contributed by atoms with Crippen LogP contribution in [0.5, 0.6) is 0 Å². The van der Waals surface area contributed by atoms with Crippen LogP contribution < -0.4 is 5.32 Å². The van der Waals surface area contributed by atoms with E-state index in [4.69, 9.17) is 0 Å². The molecule has 0 aliphatic heterocycles. The molecule has 21 heavy (non-hydrogen) atoms. The topological polar surface area (TPSA) is 49.4 Å². The smallest absolute Gasteiger partial charge is 0.253 e. The van der Waals surface area contributed by atoms with Gasteiger partial charge in [0, 0.05) is 24.3 Å². The minimum absolute atomic E-state index is 0.0344. The van der Waals surface area contributed by atoms with E-state index in [1.165, 1.54) is 6.08 Å². The Labute approximate surface area is 126 Å². The van der Waals surface area contributed by atoms with Gasteiger partial charge in [-0.2, -0.15) is 0 Å². The SMILES string of the molecule is C=CC(=O)Nc1ccc(C(=O)N(CCC)CC(C)C)cc1. The van der Waals surface area contributed by atoms with Gasteiger partial charge in [0.05, 0.1) is 0 Å². The highest BCUT2D eigenvalue weighted by molar-refractivity contribution is 5.99. The third kappa shape index (κ3) is 5.42. The predicted molar refractivity (Wildman–Crippen MR) is 86.3 cm³/mol. The average molecular weight is 288 g/mol. The van der Waals surface area contributed by atoms with Crippen molar-refractivity contribution in [3.63, 3.8) is 0 Å². The second-order valence-corrected chi connectivity index (χ2v) is 5.42. The van der Waals surface area contributed by atoms with E-state index in [0.717, 1.165) is 19.5 Å². The molecular formula is C17H24N2O2. The number of carbonyl (C=O) groups is 2. The molecule has 1 aromatic carbocycles. The van der Waals surface area contributed by atoms with Crippen LogP contribution in [0.4, 0.5) is 5.69 Å². The first kappa shape index (κ1) is 17.0. The molecule has 1 N–H and O–H groups in total. The Morgan fingerprint density at radius 2 is 1.90 bits per heavy atom. The van der Waals surface area contributed by atoms with Crippen LogP contribution in [0.3, 0.4) is 0 Å². The first-order valence-corrected chi connectivity index (χ1v) is 7.30. The van der Waals surface area contributed by atoms with Crippen LogP contribution in [0.2, 0.25) is 0 Å². The van der Waals surface area contributed by atoms with Gasteiger partial charge in [-0.15, -0.1) is 0 Å². The molecule has 4 nitrogen and oxygen atoms in total. The molecule has 0 spiro atoms. The first-order chi connectivity index (χ1) is 9.97. The second kappa shape index (κ2) is 8.25. The van der Waals surface area contributed by atoms with Crippen molar-refractivity contribution >= 4 is 17.5 Å². The lowest BCUT2D eigenvalue weighted by molar-refractivity contribution is -0.111. The van der Waals surface area contributed by atoms with E-state index >= 15 is 0 Å². The fourth-order valence-electron chi connectivity index (χ4n) is 2.06. The molecule has 0 fully saturated rings. The van der Waals surface area contributed by atoms with E-state index in [1.54, 1.807) is 24.3 Å². The van der Waals surface area contributed by atoms with E-state index in [-0.39, 0.29) is 11.8 Å². The van der Waals surface area contributed by atoms with Crippen molar-refractivity contribution in [2.24, 2.45) is 5.92 Å². The number of nitrogens with one attached hydrogen (secondary N) is 1. The summed E-state index contributed by atoms with van der Waals surface area (Å²) < 4.78 is 0. The predicted octanol–water partition coefficient (Wildman–Crippen LogP) is 3.32. The van der Waals surface area contributed by atoms with Gasteiger partial charge in [-0.25, -0.2) is 0 Å². The average Bonchev–Trinajstić information content (AvgIpc) is 2.46. The van der Waals surface area contributed by atoms with Gasteiger partial charge in [0.2, 0.25) is 5.91 Å². The number of anilines is 1. The highest BCUT2D eigenvalue weighted by Crippen LogP contribution is 2.13. The zero-order valence-electron chi connectivity index (χ0n) is 13.1. The van der Waals surface area contributed by atoms with Crippen LogP contribution in [-0.4, -0.2) is 29.8 Å². The number of benzene rings is 1. The maximum absolute atomic E-state index is 12.5. The van der Waals surface area contributed by atoms with Gasteiger partial charge in [-0.1, -0.05) is 27.4 Å². The van der Waals surface area contributed by atoms with Gasteiger partial charge >= 0.3 is 0 Å². The molecule has 0 aliphatic rings. The van der Waals surface area contributed by atoms with Gasteiger partial charge in [-0.05, 0) is 42.7 Å². The summed E-state index contributed by atoms with van der Waals surface area (Å²) in [6, 6.07) is 6.94. The van der Waals surface area contributed by atoms with Gasteiger partial charge in [0.1, 0.15) is 0 Å². The molecule has 1 rings (SSSR count). The highest BCUT2D eigenvalue weighted by Gasteiger charge is 2.16. The Hall–Kier alpha value is -2.10. The fraction of sp³-hybridized carbons (Fsp3) is 0.412. The number of carbonyl (C=O) groups excluding carboxylic acids is 2. The molecule has 0 radical (unpaired) electrons. The van der Waals surface area contributed by atoms with E-state index in [0.29, 0.717) is 17.2 Å². The van der Waals surface area contributed by atoms with E-state index in [9.17, 15) is 9.59 Å². The Morgan fingerprint density at radius 1 is 1.29 bits per heavy atom. The van der Waals surface area contributed by atoms with Crippen molar-refractivity contribution in [2.75, 3.05) is 18.4 Å². The van der Waals surface area contributed by atoms with Crippen molar-refractivity contribution in [2.45, 2.75) is 27.2 Å². The van der Waals surface area contributed by atoms with Crippen LogP contribution in [-0.2, 0) is 4.79 Å². The molecule has 0 saturated carbocycles. The van der Waals surface area contributed by atoms with Crippen molar-refractivity contribution < 1.29 is 9.59 Å². The Bertz CT molecular complexity index is 492. The maximum Gasteiger partial charge on any atom is 0.253 e. The zero-order chi connectivity index (χ0) is 15.8. The summed E-state index contributed by atoms with van der Waals surface area (Å²) in [5.41, 5.74) is 1.29. The van der Waals surface area contributed by atoms with Gasteiger partial charge in [-0.3, -0.25) is 9.59 Å². The maximum atomic E-state index is 12.5. The molecule has 0 saturated heterocycles. The van der Waals surface area contributed by atoms with Gasteiger partial charge in [0.25, 0.3) is 5.91 Å². The standard InChI is InChI=1S/C17H24N2O2/c1-5-11-19(12-13(3)4)17(21)14-7-9-15(10-8-14)18-16(20)6-2/h6-10,13H,2,5,11-12H2,1,3-4H3,(H,18,20). The van der Waals surface area contributed by atoms with Gasteiger partial charge in [0.15, 0.2) is 0 Å². The number of rotatable bonds is 7. The van der Waals surface area contributed by atoms with E-state index in [1.807, 2.05) is 4.90 Å². The van der Waals surface area contributed by atoms with Crippen LogP contribution >= 0.6 is 0 Å². The molecule has 0 atom stereocenters. The quantitative estimate of drug-likeness (QED) is 0.782. The van der Waals surface area contributed by atoms with Crippen molar-refractivity contribution in [1.82, 2.24) is 4.90 Å². The summed E-state index contributed by atoms with van der Waals surface area (Å²) in [5.74, 6) is 0.209. The fourth-order valence-corrected chi connectivity index (χ4v) is 2.06. The van der Waals surface area contributed by atoms with Crippen LogP contribution in [0.25, 0.3) is 0 Å². The van der Waals surface area contributed by atoms with Gasteiger partial charge < -0.3 is 10.2 Å². The third-order valence-electron chi connectivity index (χ3n) is 2.95. The lowest BCUT2D eigenvalue weighted by atomic mass is 10.1. The normalized spacial score (nSPS) is 10.3. The summed E-state index contributed by atoms with van der Waals surface area (Å²) in [7, 11) is 0. The molecule has 0 aliphatic carbocycles. The molecule has 2 amide bonds. The number of hydrogen-bond donors (Lipinski definition) is 1. The second-order valence-electron chi connectivity index (χ2n) is 5.42. The monoisotopic (exact) mass is 288 g/mol. The van der Waals surface area contributed by atoms with Crippen molar-refractivity contribution in [1.29, 1.82) is 0 Å². The molecule has 0 aromatic heterocycles. The molecule has 114 valence electrons. The lowest BCUT2D eigenvalue weighted by Crippen LogP contribution is -2.34. The van der Waals surface area contributed by atoms with Crippen LogP contribution in [0.1, 0.15) is 37.6 Å². The molecule has 0 heterocycles. The first-order valence-electron chi connectivity index (χ1n) is 7.30. The highest BCUT2D eigenvalue weighted by atomic mass is 16.2. The van der Waals surface area contributed by atoms with Crippen LogP contribution in [0, 0.1) is 5.92 Å². The van der Waals surface area contributed by atoms with Crippen LogP contribution in [0.15, 0.2) is 36.9 Å². The third-order valence-corrected chi connectivity index (χ3v) is 2.95. The minimum atomic E-state index is -0.263. The number of hydrogen-bond acceptors (Lipinski definition) is 2.